The first-order valence-electron chi connectivity index (χ1n) is 9.61. The van der Waals surface area contributed by atoms with Crippen LogP contribution in [0.15, 0.2) is 30.5 Å². The Morgan fingerprint density at radius 3 is 2.48 bits per heavy atom. The summed E-state index contributed by atoms with van der Waals surface area (Å²) >= 11 is 0. The quantitative estimate of drug-likeness (QED) is 0.741. The maximum Gasteiger partial charge on any atom is 0.0720 e. The topological polar surface area (TPSA) is 48.4 Å². The zero-order chi connectivity index (χ0) is 17.5. The van der Waals surface area contributed by atoms with Gasteiger partial charge in [-0.15, -0.1) is 0 Å². The van der Waals surface area contributed by atoms with Crippen LogP contribution in [-0.4, -0.2) is 43.4 Å². The van der Waals surface area contributed by atoms with E-state index < -0.39 is 0 Å². The number of ether oxygens (including phenoxy) is 1. The number of hydrogen-bond donors (Lipinski definition) is 2. The lowest BCUT2D eigenvalue weighted by Gasteiger charge is -2.29. The van der Waals surface area contributed by atoms with Crippen molar-refractivity contribution in [3.8, 4) is 0 Å². The Hall–Kier alpha value is -1.65. The summed E-state index contributed by atoms with van der Waals surface area (Å²) in [6.45, 7) is 2.98. The first kappa shape index (κ1) is 18.2. The van der Waals surface area contributed by atoms with Crippen molar-refractivity contribution in [1.82, 2.24) is 10.2 Å². The van der Waals surface area contributed by atoms with Gasteiger partial charge in [0.25, 0.3) is 0 Å². The summed E-state index contributed by atoms with van der Waals surface area (Å²) in [5.74, 6) is 0. The number of benzene rings is 1. The Kier molecular flexibility index (Phi) is 6.65. The van der Waals surface area contributed by atoms with Crippen molar-refractivity contribution < 1.29 is 4.74 Å². The average Bonchev–Trinajstić information content (AvgIpc) is 3.16. The molecular weight excluding hydrogens is 310 g/mol. The van der Waals surface area contributed by atoms with E-state index in [1.165, 1.54) is 37.5 Å². The molecule has 2 N–H and O–H groups in total. The molecular formula is C21H31N3O. The van der Waals surface area contributed by atoms with Gasteiger partial charge in [-0.25, -0.2) is 0 Å². The number of nitrogens with zero attached hydrogens (tertiary/aromatic N) is 1. The molecule has 2 aliphatic rings. The molecule has 0 radical (unpaired) electrons. The lowest BCUT2D eigenvalue weighted by atomic mass is 10.0. The van der Waals surface area contributed by atoms with Gasteiger partial charge in [0.2, 0.25) is 0 Å². The Morgan fingerprint density at radius 1 is 1.16 bits per heavy atom. The van der Waals surface area contributed by atoms with E-state index in [0.29, 0.717) is 18.8 Å². The highest BCUT2D eigenvalue weighted by molar-refractivity contribution is 6.08. The van der Waals surface area contributed by atoms with Crippen LogP contribution in [0.5, 0.6) is 0 Å². The van der Waals surface area contributed by atoms with Crippen LogP contribution in [0.2, 0.25) is 0 Å². The predicted octanol–water partition coefficient (Wildman–Crippen LogP) is 3.82. The molecule has 0 amide bonds. The summed E-state index contributed by atoms with van der Waals surface area (Å²) in [6, 6.07) is 8.96. The van der Waals surface area contributed by atoms with Gasteiger partial charge < -0.3 is 20.4 Å². The number of rotatable bonds is 7. The van der Waals surface area contributed by atoms with Gasteiger partial charge in [0, 0.05) is 24.0 Å². The van der Waals surface area contributed by atoms with E-state index in [9.17, 15) is 0 Å². The third kappa shape index (κ3) is 5.41. The third-order valence-corrected chi connectivity index (χ3v) is 5.42. The highest BCUT2D eigenvalue weighted by Crippen LogP contribution is 2.22. The monoisotopic (exact) mass is 341 g/mol. The Bertz CT molecular complexity index is 567. The van der Waals surface area contributed by atoms with Gasteiger partial charge in [0.15, 0.2) is 0 Å². The first-order valence-corrected chi connectivity index (χ1v) is 9.61. The molecule has 0 bridgehead atoms. The van der Waals surface area contributed by atoms with E-state index >= 15 is 0 Å². The molecule has 1 aliphatic carbocycles. The Morgan fingerprint density at radius 2 is 1.84 bits per heavy atom. The third-order valence-electron chi connectivity index (χ3n) is 5.42. The SMILES string of the molecule is CN1CCC(N/C=C(\C=N)c2ccc(COC3CCCC3)cc2)CC1. The molecule has 3 rings (SSSR count). The first-order chi connectivity index (χ1) is 12.2. The van der Waals surface area contributed by atoms with Crippen molar-refractivity contribution >= 4 is 11.8 Å². The molecule has 25 heavy (non-hydrogen) atoms. The molecule has 2 fully saturated rings. The lowest BCUT2D eigenvalue weighted by Crippen LogP contribution is -2.38. The van der Waals surface area contributed by atoms with E-state index in [1.54, 1.807) is 0 Å². The smallest absolute Gasteiger partial charge is 0.0720 e. The van der Waals surface area contributed by atoms with Crippen LogP contribution in [0.3, 0.4) is 0 Å². The minimum atomic E-state index is 0.454. The average molecular weight is 341 g/mol. The van der Waals surface area contributed by atoms with E-state index in [2.05, 4.69) is 41.5 Å². The highest BCUT2D eigenvalue weighted by atomic mass is 16.5. The second-order valence-electron chi connectivity index (χ2n) is 7.40. The van der Waals surface area contributed by atoms with E-state index in [0.717, 1.165) is 37.1 Å². The predicted molar refractivity (Wildman–Crippen MR) is 104 cm³/mol. The van der Waals surface area contributed by atoms with Crippen LogP contribution in [0.25, 0.3) is 5.57 Å². The maximum atomic E-state index is 7.73. The summed E-state index contributed by atoms with van der Waals surface area (Å²) in [5, 5.41) is 11.2. The fraction of sp³-hybridized carbons (Fsp3) is 0.571. The zero-order valence-electron chi connectivity index (χ0n) is 15.3. The van der Waals surface area contributed by atoms with Gasteiger partial charge in [0.1, 0.15) is 0 Å². The second kappa shape index (κ2) is 9.16. The largest absolute Gasteiger partial charge is 0.388 e. The van der Waals surface area contributed by atoms with Gasteiger partial charge >= 0.3 is 0 Å². The van der Waals surface area contributed by atoms with Crippen LogP contribution in [0.1, 0.15) is 49.7 Å². The van der Waals surface area contributed by atoms with Crippen molar-refractivity contribution in [1.29, 1.82) is 5.41 Å². The van der Waals surface area contributed by atoms with Crippen LogP contribution in [-0.2, 0) is 11.3 Å². The molecule has 1 saturated carbocycles. The van der Waals surface area contributed by atoms with Gasteiger partial charge in [-0.2, -0.15) is 0 Å². The standard InChI is InChI=1S/C21H31N3O/c1-24-12-10-20(11-13-24)23-15-19(14-22)18-8-6-17(7-9-18)16-25-21-4-2-3-5-21/h6-9,14-15,20-23H,2-5,10-13,16H2,1H3/b19-15+,22-14?. The van der Waals surface area contributed by atoms with E-state index in [-0.39, 0.29) is 0 Å². The van der Waals surface area contributed by atoms with Crippen molar-refractivity contribution in [2.45, 2.75) is 57.3 Å². The van der Waals surface area contributed by atoms with Crippen molar-refractivity contribution in [3.63, 3.8) is 0 Å². The number of likely N-dealkylation sites (tertiary alicyclic amines) is 1. The molecule has 4 heteroatoms. The normalized spacial score (nSPS) is 20.8. The summed E-state index contributed by atoms with van der Waals surface area (Å²) < 4.78 is 5.98. The Balaban J connectivity index is 1.53. The van der Waals surface area contributed by atoms with Crippen molar-refractivity contribution in [3.05, 3.63) is 41.6 Å². The highest BCUT2D eigenvalue weighted by Gasteiger charge is 2.16. The van der Waals surface area contributed by atoms with Crippen molar-refractivity contribution in [2.75, 3.05) is 20.1 Å². The molecule has 4 nitrogen and oxygen atoms in total. The van der Waals surface area contributed by atoms with E-state index in [4.69, 9.17) is 10.1 Å². The molecule has 1 saturated heterocycles. The van der Waals surface area contributed by atoms with Gasteiger partial charge in [-0.3, -0.25) is 0 Å². The number of nitrogens with one attached hydrogen (secondary N) is 2. The molecule has 1 aliphatic heterocycles. The molecule has 0 unspecified atom stereocenters. The Labute approximate surface area is 151 Å². The molecule has 136 valence electrons. The van der Waals surface area contributed by atoms with Crippen LogP contribution in [0.4, 0.5) is 0 Å². The molecule has 1 heterocycles. The second-order valence-corrected chi connectivity index (χ2v) is 7.40. The summed E-state index contributed by atoms with van der Waals surface area (Å²) in [6.07, 6.45) is 11.3. The zero-order valence-corrected chi connectivity index (χ0v) is 15.3. The molecule has 1 aromatic carbocycles. The number of piperidine rings is 1. The summed E-state index contributed by atoms with van der Waals surface area (Å²) in [5.41, 5.74) is 3.23. The number of hydrogen-bond acceptors (Lipinski definition) is 4. The van der Waals surface area contributed by atoms with Gasteiger partial charge in [0.05, 0.1) is 12.7 Å². The van der Waals surface area contributed by atoms with E-state index in [1.807, 2.05) is 6.20 Å². The van der Waals surface area contributed by atoms with Gasteiger partial charge in [-0.1, -0.05) is 37.1 Å². The molecule has 1 aromatic rings. The molecule has 0 spiro atoms. The minimum Gasteiger partial charge on any atom is -0.388 e. The summed E-state index contributed by atoms with van der Waals surface area (Å²) in [4.78, 5) is 2.37. The van der Waals surface area contributed by atoms with Crippen molar-refractivity contribution in [2.24, 2.45) is 0 Å². The van der Waals surface area contributed by atoms with Crippen LogP contribution >= 0.6 is 0 Å². The minimum absolute atomic E-state index is 0.454. The summed E-state index contributed by atoms with van der Waals surface area (Å²) in [7, 11) is 2.17. The molecule has 0 aromatic heterocycles. The van der Waals surface area contributed by atoms with Crippen LogP contribution < -0.4 is 5.32 Å². The lowest BCUT2D eigenvalue weighted by molar-refractivity contribution is 0.0457. The molecule has 0 atom stereocenters. The fourth-order valence-corrected chi connectivity index (χ4v) is 3.65. The van der Waals surface area contributed by atoms with Crippen LogP contribution in [0, 0.1) is 5.41 Å². The fourth-order valence-electron chi connectivity index (χ4n) is 3.65. The van der Waals surface area contributed by atoms with Gasteiger partial charge in [-0.05, 0) is 56.9 Å². The number of allylic oxidation sites excluding steroid dienone is 1. The maximum absolute atomic E-state index is 7.73.